The van der Waals surface area contributed by atoms with Crippen molar-refractivity contribution >= 4 is 5.71 Å². The summed E-state index contributed by atoms with van der Waals surface area (Å²) in [4.78, 5) is 5.10. The highest BCUT2D eigenvalue weighted by molar-refractivity contribution is 6.09. The van der Waals surface area contributed by atoms with Crippen molar-refractivity contribution in [1.82, 2.24) is 0 Å². The van der Waals surface area contributed by atoms with E-state index in [0.717, 1.165) is 36.1 Å². The van der Waals surface area contributed by atoms with Crippen LogP contribution in [0.2, 0.25) is 0 Å². The summed E-state index contributed by atoms with van der Waals surface area (Å²) >= 11 is 0. The van der Waals surface area contributed by atoms with E-state index >= 15 is 0 Å². The Hall–Kier alpha value is -2.49. The summed E-state index contributed by atoms with van der Waals surface area (Å²) in [5.41, 5.74) is 5.38. The number of phenolic OH excluding ortho intramolecular Hbond substituents is 2. The fourth-order valence-electron chi connectivity index (χ4n) is 3.96. The van der Waals surface area contributed by atoms with E-state index in [9.17, 15) is 10.2 Å². The van der Waals surface area contributed by atoms with Crippen LogP contribution in [0.5, 0.6) is 11.5 Å². The lowest BCUT2D eigenvalue weighted by molar-refractivity contribution is 0.208. The molecule has 2 aromatic carbocycles. The zero-order valence-electron chi connectivity index (χ0n) is 12.3. The Morgan fingerprint density at radius 3 is 2.32 bits per heavy atom. The maximum atomic E-state index is 9.75. The van der Waals surface area contributed by atoms with Gasteiger partial charge in [-0.3, -0.25) is 0 Å². The van der Waals surface area contributed by atoms with Gasteiger partial charge in [-0.2, -0.15) is 0 Å². The normalized spacial score (nSPS) is 23.8. The molecule has 0 heterocycles. The Labute approximate surface area is 128 Å². The minimum absolute atomic E-state index is 0.137. The monoisotopic (exact) mass is 295 g/mol. The third-order valence-electron chi connectivity index (χ3n) is 4.81. The molecule has 0 saturated carbocycles. The molecular formula is C18H17NO3. The van der Waals surface area contributed by atoms with Crippen LogP contribution in [0, 0.1) is 5.41 Å². The topological polar surface area (TPSA) is 62.0 Å². The van der Waals surface area contributed by atoms with Gasteiger partial charge in [0.2, 0.25) is 0 Å². The van der Waals surface area contributed by atoms with E-state index in [1.54, 1.807) is 19.2 Å². The minimum atomic E-state index is -0.137. The van der Waals surface area contributed by atoms with Crippen LogP contribution >= 0.6 is 0 Å². The number of benzene rings is 2. The van der Waals surface area contributed by atoms with Crippen LogP contribution in [0.1, 0.15) is 22.3 Å². The quantitative estimate of drug-likeness (QED) is 0.795. The molecule has 0 fully saturated rings. The van der Waals surface area contributed by atoms with Gasteiger partial charge in [0, 0.05) is 11.0 Å². The van der Waals surface area contributed by atoms with Gasteiger partial charge in [-0.15, -0.1) is 0 Å². The van der Waals surface area contributed by atoms with Crippen LogP contribution in [0.15, 0.2) is 41.6 Å². The van der Waals surface area contributed by atoms with Gasteiger partial charge in [-0.1, -0.05) is 11.2 Å². The number of oxime groups is 1. The second kappa shape index (κ2) is 4.50. The van der Waals surface area contributed by atoms with Crippen molar-refractivity contribution in [2.24, 2.45) is 10.6 Å². The van der Waals surface area contributed by atoms with Crippen molar-refractivity contribution in [3.05, 3.63) is 58.7 Å². The van der Waals surface area contributed by atoms with Gasteiger partial charge >= 0.3 is 0 Å². The van der Waals surface area contributed by atoms with Crippen molar-refractivity contribution < 1.29 is 15.1 Å². The molecule has 0 radical (unpaired) electrons. The molecule has 0 aliphatic heterocycles. The van der Waals surface area contributed by atoms with Crippen LogP contribution in [0.4, 0.5) is 0 Å². The van der Waals surface area contributed by atoms with Gasteiger partial charge < -0.3 is 15.1 Å². The van der Waals surface area contributed by atoms with Crippen LogP contribution in [-0.4, -0.2) is 23.0 Å². The first-order chi connectivity index (χ1) is 10.6. The predicted molar refractivity (Wildman–Crippen MR) is 83.3 cm³/mol. The molecule has 1 atom stereocenters. The molecule has 0 bridgehead atoms. The van der Waals surface area contributed by atoms with E-state index in [2.05, 4.69) is 5.16 Å². The number of nitrogens with zero attached hydrogens (tertiary/aromatic N) is 1. The third-order valence-corrected chi connectivity index (χ3v) is 4.81. The lowest BCUT2D eigenvalue weighted by Gasteiger charge is -2.23. The van der Waals surface area contributed by atoms with Gasteiger partial charge in [0.1, 0.15) is 18.6 Å². The summed E-state index contributed by atoms with van der Waals surface area (Å²) < 4.78 is 0. The van der Waals surface area contributed by atoms with Crippen molar-refractivity contribution in [2.75, 3.05) is 7.11 Å². The summed E-state index contributed by atoms with van der Waals surface area (Å²) in [6, 6.07) is 11.0. The lowest BCUT2D eigenvalue weighted by atomic mass is 9.80. The molecular weight excluding hydrogens is 278 g/mol. The maximum absolute atomic E-state index is 9.75. The summed E-state index contributed by atoms with van der Waals surface area (Å²) in [6.07, 6.45) is 2.53. The lowest BCUT2D eigenvalue weighted by Crippen LogP contribution is -2.29. The summed E-state index contributed by atoms with van der Waals surface area (Å²) in [5, 5.41) is 23.8. The van der Waals surface area contributed by atoms with Gasteiger partial charge in [0.15, 0.2) is 0 Å². The molecule has 2 aliphatic carbocycles. The Morgan fingerprint density at radius 1 is 0.909 bits per heavy atom. The number of phenols is 2. The highest BCUT2D eigenvalue weighted by Gasteiger charge is 2.48. The van der Waals surface area contributed by atoms with Gasteiger partial charge in [0.05, 0.1) is 5.71 Å². The predicted octanol–water partition coefficient (Wildman–Crippen LogP) is 2.79. The van der Waals surface area contributed by atoms with Crippen molar-refractivity contribution in [2.45, 2.75) is 19.3 Å². The highest BCUT2D eigenvalue weighted by atomic mass is 16.6. The molecule has 1 spiro atoms. The molecule has 0 amide bonds. The van der Waals surface area contributed by atoms with E-state index in [1.807, 2.05) is 24.3 Å². The zero-order chi connectivity index (χ0) is 15.3. The van der Waals surface area contributed by atoms with Crippen LogP contribution in [0.25, 0.3) is 0 Å². The summed E-state index contributed by atoms with van der Waals surface area (Å²) in [6.45, 7) is 0. The Kier molecular flexibility index (Phi) is 2.70. The average molecular weight is 295 g/mol. The second-order valence-corrected chi connectivity index (χ2v) is 6.23. The van der Waals surface area contributed by atoms with E-state index in [-0.39, 0.29) is 11.2 Å². The molecule has 4 rings (SSSR count). The van der Waals surface area contributed by atoms with Crippen LogP contribution in [0.3, 0.4) is 0 Å². The number of rotatable bonds is 1. The Balaban J connectivity index is 1.82. The molecule has 0 aromatic heterocycles. The smallest absolute Gasteiger partial charge is 0.115 e. The number of hydrogen-bond acceptors (Lipinski definition) is 4. The molecule has 2 aliphatic rings. The third kappa shape index (κ3) is 1.80. The largest absolute Gasteiger partial charge is 0.508 e. The molecule has 0 saturated heterocycles. The molecule has 2 N–H and O–H groups in total. The second-order valence-electron chi connectivity index (χ2n) is 6.23. The zero-order valence-corrected chi connectivity index (χ0v) is 12.3. The Bertz CT molecular complexity index is 793. The first kappa shape index (κ1) is 13.2. The number of fused-ring (bicyclic) bond motifs is 2. The van der Waals surface area contributed by atoms with E-state index < -0.39 is 0 Å². The van der Waals surface area contributed by atoms with Crippen molar-refractivity contribution in [3.63, 3.8) is 0 Å². The average Bonchev–Trinajstić information content (AvgIpc) is 2.96. The number of aromatic hydroxyl groups is 2. The van der Waals surface area contributed by atoms with Crippen LogP contribution < -0.4 is 0 Å². The molecule has 4 nitrogen and oxygen atoms in total. The minimum Gasteiger partial charge on any atom is -0.508 e. The SMILES string of the molecule is CO/N=C1/c2ccc(O)cc2CC12Cc1ccc(O)cc1C2. The number of hydrogen-bond donors (Lipinski definition) is 2. The van der Waals surface area contributed by atoms with Gasteiger partial charge in [-0.05, 0) is 66.3 Å². The van der Waals surface area contributed by atoms with E-state index in [4.69, 9.17) is 4.84 Å². The fraction of sp³-hybridized carbons (Fsp3) is 0.278. The standard InChI is InChI=1S/C18H17NO3/c1-22-19-17-16-5-4-15(21)7-13(16)10-18(17)8-11-2-3-14(20)6-12(11)9-18/h2-7,20-21H,8-10H2,1H3/b19-17-. The Morgan fingerprint density at radius 2 is 1.55 bits per heavy atom. The van der Waals surface area contributed by atoms with E-state index in [0.29, 0.717) is 5.75 Å². The molecule has 22 heavy (non-hydrogen) atoms. The molecule has 112 valence electrons. The summed E-state index contributed by atoms with van der Waals surface area (Å²) in [7, 11) is 1.56. The van der Waals surface area contributed by atoms with Crippen molar-refractivity contribution in [1.29, 1.82) is 0 Å². The first-order valence-corrected chi connectivity index (χ1v) is 7.36. The summed E-state index contributed by atoms with van der Waals surface area (Å²) in [5.74, 6) is 0.579. The highest BCUT2D eigenvalue weighted by Crippen LogP contribution is 2.48. The van der Waals surface area contributed by atoms with Crippen molar-refractivity contribution in [3.8, 4) is 11.5 Å². The van der Waals surface area contributed by atoms with Crippen LogP contribution in [-0.2, 0) is 24.1 Å². The van der Waals surface area contributed by atoms with Gasteiger partial charge in [-0.25, -0.2) is 0 Å². The maximum Gasteiger partial charge on any atom is 0.115 e. The van der Waals surface area contributed by atoms with Gasteiger partial charge in [0.25, 0.3) is 0 Å². The molecule has 4 heteroatoms. The molecule has 1 unspecified atom stereocenters. The molecule has 2 aromatic rings. The first-order valence-electron chi connectivity index (χ1n) is 7.36. The fourth-order valence-corrected chi connectivity index (χ4v) is 3.96. The van der Waals surface area contributed by atoms with E-state index in [1.165, 1.54) is 11.1 Å².